The lowest BCUT2D eigenvalue weighted by atomic mass is 9.69. The Morgan fingerprint density at radius 3 is 2.45 bits per heavy atom. The Morgan fingerprint density at radius 1 is 1.02 bits per heavy atom. The van der Waals surface area contributed by atoms with Crippen LogP contribution >= 0.6 is 0 Å². The zero-order valence-corrected chi connectivity index (χ0v) is 23.8. The van der Waals surface area contributed by atoms with Crippen molar-refractivity contribution in [3.8, 4) is 17.2 Å². The fraction of sp³-hybridized carbons (Fsp3) is 0.324. The normalized spacial score (nSPS) is 14.4. The standard InChI is InChI=1S/C34H37N3O3/c1-24-19-29(37(2)3)13-15-30(24)31-14-11-26(20-27(31)23-35)22-34(17-6-5-7-18-34)33(39)36-28-10-8-9-25(21-28)12-16-32(38)40-4/h8-16,19-21H,5-7,17-18,22H2,1-4H3,(H,36,39)/b16-12+. The van der Waals surface area contributed by atoms with Crippen molar-refractivity contribution in [3.63, 3.8) is 0 Å². The van der Waals surface area contributed by atoms with Gasteiger partial charge in [-0.2, -0.15) is 5.26 Å². The second kappa shape index (κ2) is 12.7. The number of anilines is 2. The molecule has 1 aliphatic carbocycles. The maximum absolute atomic E-state index is 13.8. The molecule has 0 aliphatic heterocycles. The molecule has 1 fully saturated rings. The third kappa shape index (κ3) is 6.60. The van der Waals surface area contributed by atoms with Crippen LogP contribution in [-0.4, -0.2) is 33.1 Å². The van der Waals surface area contributed by atoms with Gasteiger partial charge in [0.1, 0.15) is 0 Å². The zero-order valence-electron chi connectivity index (χ0n) is 23.8. The number of methoxy groups -OCH3 is 1. The van der Waals surface area contributed by atoms with Crippen molar-refractivity contribution in [3.05, 3.63) is 89.0 Å². The maximum atomic E-state index is 13.8. The first-order valence-electron chi connectivity index (χ1n) is 13.7. The van der Waals surface area contributed by atoms with Gasteiger partial charge in [0, 0.05) is 31.5 Å². The summed E-state index contributed by atoms with van der Waals surface area (Å²) in [5.74, 6) is -0.432. The molecule has 1 saturated carbocycles. The molecular weight excluding hydrogens is 498 g/mol. The van der Waals surface area contributed by atoms with Gasteiger partial charge in [0.15, 0.2) is 0 Å². The topological polar surface area (TPSA) is 82.4 Å². The molecule has 206 valence electrons. The van der Waals surface area contributed by atoms with E-state index in [1.807, 2.05) is 50.5 Å². The molecule has 1 amide bonds. The predicted octanol–water partition coefficient (Wildman–Crippen LogP) is 6.92. The summed E-state index contributed by atoms with van der Waals surface area (Å²) in [6, 6.07) is 22.1. The summed E-state index contributed by atoms with van der Waals surface area (Å²) < 4.78 is 4.67. The van der Waals surface area contributed by atoms with Gasteiger partial charge in [-0.25, -0.2) is 4.79 Å². The van der Waals surface area contributed by atoms with Gasteiger partial charge in [-0.3, -0.25) is 4.79 Å². The summed E-state index contributed by atoms with van der Waals surface area (Å²) in [6.07, 6.45) is 8.31. The number of hydrogen-bond donors (Lipinski definition) is 1. The van der Waals surface area contributed by atoms with E-state index < -0.39 is 11.4 Å². The van der Waals surface area contributed by atoms with Crippen LogP contribution in [0, 0.1) is 23.7 Å². The summed E-state index contributed by atoms with van der Waals surface area (Å²) in [5.41, 5.74) is 6.73. The van der Waals surface area contributed by atoms with Crippen LogP contribution in [0.5, 0.6) is 0 Å². The van der Waals surface area contributed by atoms with Crippen molar-refractivity contribution >= 4 is 29.3 Å². The van der Waals surface area contributed by atoms with E-state index in [1.165, 1.54) is 13.2 Å². The summed E-state index contributed by atoms with van der Waals surface area (Å²) in [4.78, 5) is 27.4. The Morgan fingerprint density at radius 2 is 1.77 bits per heavy atom. The molecule has 6 heteroatoms. The van der Waals surface area contributed by atoms with E-state index >= 15 is 0 Å². The van der Waals surface area contributed by atoms with Gasteiger partial charge in [-0.05, 0) is 90.4 Å². The zero-order chi connectivity index (χ0) is 28.7. The van der Waals surface area contributed by atoms with Crippen LogP contribution in [0.25, 0.3) is 17.2 Å². The summed E-state index contributed by atoms with van der Waals surface area (Å²) in [5, 5.41) is 13.2. The van der Waals surface area contributed by atoms with Crippen molar-refractivity contribution in [2.75, 3.05) is 31.4 Å². The van der Waals surface area contributed by atoms with Crippen molar-refractivity contribution in [1.82, 2.24) is 0 Å². The highest BCUT2D eigenvalue weighted by atomic mass is 16.5. The largest absolute Gasteiger partial charge is 0.466 e. The number of rotatable bonds is 8. The third-order valence-corrected chi connectivity index (χ3v) is 7.81. The average molecular weight is 536 g/mol. The molecule has 0 bridgehead atoms. The minimum atomic E-state index is -0.548. The second-order valence-electron chi connectivity index (χ2n) is 10.8. The smallest absolute Gasteiger partial charge is 0.330 e. The molecule has 0 saturated heterocycles. The lowest BCUT2D eigenvalue weighted by Crippen LogP contribution is -2.40. The first kappa shape index (κ1) is 28.6. The molecule has 0 spiro atoms. The Labute approximate surface area is 237 Å². The van der Waals surface area contributed by atoms with E-state index in [0.717, 1.165) is 65.6 Å². The molecule has 4 rings (SSSR count). The Kier molecular flexibility index (Phi) is 9.06. The van der Waals surface area contributed by atoms with Gasteiger partial charge in [-0.1, -0.05) is 49.6 Å². The number of nitriles is 1. The molecule has 0 radical (unpaired) electrons. The Hall–Kier alpha value is -4.37. The lowest BCUT2D eigenvalue weighted by Gasteiger charge is -2.36. The average Bonchev–Trinajstić information content (AvgIpc) is 2.96. The Bertz CT molecular complexity index is 1460. The molecule has 1 aliphatic rings. The van der Waals surface area contributed by atoms with Gasteiger partial charge in [-0.15, -0.1) is 0 Å². The molecular formula is C34H37N3O3. The number of nitrogens with zero attached hydrogens (tertiary/aromatic N) is 2. The van der Waals surface area contributed by atoms with Crippen LogP contribution in [0.1, 0.15) is 54.4 Å². The number of aryl methyl sites for hydroxylation is 1. The number of carbonyl (C=O) groups excluding carboxylic acids is 2. The summed E-state index contributed by atoms with van der Waals surface area (Å²) >= 11 is 0. The number of ether oxygens (including phenoxy) is 1. The van der Waals surface area contributed by atoms with Crippen LogP contribution in [0.15, 0.2) is 66.7 Å². The van der Waals surface area contributed by atoms with Gasteiger partial charge in [0.2, 0.25) is 5.91 Å². The molecule has 0 aromatic heterocycles. The van der Waals surface area contributed by atoms with Gasteiger partial charge in [0.05, 0.1) is 24.2 Å². The molecule has 0 unspecified atom stereocenters. The fourth-order valence-electron chi connectivity index (χ4n) is 5.58. The van der Waals surface area contributed by atoms with Crippen LogP contribution in [-0.2, 0) is 20.7 Å². The maximum Gasteiger partial charge on any atom is 0.330 e. The highest BCUT2D eigenvalue weighted by Crippen LogP contribution is 2.41. The van der Waals surface area contributed by atoms with E-state index in [0.29, 0.717) is 17.7 Å². The Balaban J connectivity index is 1.59. The molecule has 1 N–H and O–H groups in total. The van der Waals surface area contributed by atoms with Gasteiger partial charge < -0.3 is 15.0 Å². The van der Waals surface area contributed by atoms with Crippen LogP contribution < -0.4 is 10.2 Å². The number of amides is 1. The molecule has 0 heterocycles. The van der Waals surface area contributed by atoms with Crippen LogP contribution in [0.3, 0.4) is 0 Å². The first-order valence-corrected chi connectivity index (χ1v) is 13.7. The number of nitrogens with one attached hydrogen (secondary N) is 1. The van der Waals surface area contributed by atoms with Gasteiger partial charge >= 0.3 is 5.97 Å². The van der Waals surface area contributed by atoms with Crippen molar-refractivity contribution in [2.45, 2.75) is 45.4 Å². The number of carbonyl (C=O) groups is 2. The minimum absolute atomic E-state index is 0.000926. The monoisotopic (exact) mass is 535 g/mol. The van der Waals surface area contributed by atoms with Crippen molar-refractivity contribution in [1.29, 1.82) is 5.26 Å². The van der Waals surface area contributed by atoms with Crippen molar-refractivity contribution in [2.24, 2.45) is 5.41 Å². The third-order valence-electron chi connectivity index (χ3n) is 7.81. The van der Waals surface area contributed by atoms with Crippen LogP contribution in [0.4, 0.5) is 11.4 Å². The minimum Gasteiger partial charge on any atom is -0.466 e. The van der Waals surface area contributed by atoms with E-state index in [1.54, 1.807) is 6.08 Å². The number of benzene rings is 3. The first-order chi connectivity index (χ1) is 19.2. The van der Waals surface area contributed by atoms with Crippen LogP contribution in [0.2, 0.25) is 0 Å². The van der Waals surface area contributed by atoms with E-state index in [-0.39, 0.29) is 5.91 Å². The second-order valence-corrected chi connectivity index (χ2v) is 10.8. The van der Waals surface area contributed by atoms with Crippen molar-refractivity contribution < 1.29 is 14.3 Å². The highest BCUT2D eigenvalue weighted by molar-refractivity contribution is 5.96. The number of hydrogen-bond acceptors (Lipinski definition) is 5. The lowest BCUT2D eigenvalue weighted by molar-refractivity contribution is -0.134. The fourth-order valence-corrected chi connectivity index (χ4v) is 5.58. The summed E-state index contributed by atoms with van der Waals surface area (Å²) in [7, 11) is 5.36. The molecule has 40 heavy (non-hydrogen) atoms. The number of esters is 1. The van der Waals surface area contributed by atoms with E-state index in [9.17, 15) is 14.9 Å². The van der Waals surface area contributed by atoms with Gasteiger partial charge in [0.25, 0.3) is 0 Å². The molecule has 6 nitrogen and oxygen atoms in total. The predicted molar refractivity (Wildman–Crippen MR) is 161 cm³/mol. The highest BCUT2D eigenvalue weighted by Gasteiger charge is 2.39. The summed E-state index contributed by atoms with van der Waals surface area (Å²) in [6.45, 7) is 2.07. The molecule has 3 aromatic rings. The molecule has 0 atom stereocenters. The quantitative estimate of drug-likeness (QED) is 0.250. The molecule has 3 aromatic carbocycles. The SMILES string of the molecule is COC(=O)/C=C/c1cccc(NC(=O)C2(Cc3ccc(-c4ccc(N(C)C)cc4C)c(C#N)c3)CCCCC2)c1. The van der Waals surface area contributed by atoms with E-state index in [4.69, 9.17) is 0 Å². The van der Waals surface area contributed by atoms with E-state index in [2.05, 4.69) is 52.2 Å².